The van der Waals surface area contributed by atoms with Crippen LogP contribution >= 0.6 is 0 Å². The van der Waals surface area contributed by atoms with Crippen molar-refractivity contribution in [2.24, 2.45) is 0 Å². The number of allylic oxidation sites excluding steroid dienone is 2. The van der Waals surface area contributed by atoms with Gasteiger partial charge in [0.05, 0.1) is 5.92 Å². The van der Waals surface area contributed by atoms with Crippen LogP contribution in [-0.4, -0.2) is 21.1 Å². The second-order valence-corrected chi connectivity index (χ2v) is 12.7. The molecule has 2 atom stereocenters. The lowest BCUT2D eigenvalue weighted by Crippen LogP contribution is -2.19. The van der Waals surface area contributed by atoms with Crippen LogP contribution in [0.1, 0.15) is 17.0 Å². The Morgan fingerprint density at radius 2 is 1.06 bits per heavy atom. The molecule has 2 unspecified atom stereocenters. The van der Waals surface area contributed by atoms with Crippen molar-refractivity contribution in [3.05, 3.63) is 175 Å². The fraction of sp³-hybridized carbons (Fsp3) is 0.0444. The normalized spacial score (nSPS) is 16.4. The number of hydrogen-bond acceptors (Lipinski definition) is 4. The van der Waals surface area contributed by atoms with Crippen molar-refractivity contribution in [1.29, 1.82) is 0 Å². The third-order valence-electron chi connectivity index (χ3n) is 9.91. The molecule has 0 N–H and O–H groups in total. The van der Waals surface area contributed by atoms with E-state index in [2.05, 4.69) is 140 Å². The quantitative estimate of drug-likeness (QED) is 0.182. The summed E-state index contributed by atoms with van der Waals surface area (Å²) in [5.74, 6) is 3.04. The van der Waals surface area contributed by atoms with Crippen LogP contribution in [0, 0.1) is 0 Å². The number of aromatic nitrogens is 3. The Morgan fingerprint density at radius 3 is 1.88 bits per heavy atom. The van der Waals surface area contributed by atoms with Crippen LogP contribution in [0.4, 0.5) is 0 Å². The van der Waals surface area contributed by atoms with Gasteiger partial charge in [-0.15, -0.1) is 0 Å². The fourth-order valence-corrected chi connectivity index (χ4v) is 7.68. The Labute approximate surface area is 283 Å². The molecule has 49 heavy (non-hydrogen) atoms. The first-order chi connectivity index (χ1) is 24.3. The van der Waals surface area contributed by atoms with Crippen LogP contribution in [-0.2, 0) is 0 Å². The fourth-order valence-electron chi connectivity index (χ4n) is 7.68. The van der Waals surface area contributed by atoms with Crippen molar-refractivity contribution in [2.75, 3.05) is 0 Å². The first kappa shape index (κ1) is 27.7. The van der Waals surface area contributed by atoms with E-state index in [-0.39, 0.29) is 12.0 Å². The molecule has 0 saturated carbocycles. The monoisotopic (exact) mass is 627 g/mol. The molecule has 8 aromatic rings. The molecule has 2 heterocycles. The van der Waals surface area contributed by atoms with Gasteiger partial charge >= 0.3 is 0 Å². The minimum atomic E-state index is -0.0212. The molecule has 1 aliphatic heterocycles. The van der Waals surface area contributed by atoms with Gasteiger partial charge in [0.2, 0.25) is 0 Å². The Bertz CT molecular complexity index is 2660. The number of benzene rings is 7. The summed E-state index contributed by atoms with van der Waals surface area (Å²) in [6.45, 7) is 0. The Morgan fingerprint density at radius 1 is 0.469 bits per heavy atom. The van der Waals surface area contributed by atoms with E-state index in [4.69, 9.17) is 19.7 Å². The lowest BCUT2D eigenvalue weighted by atomic mass is 9.79. The first-order valence-electron chi connectivity index (χ1n) is 16.7. The highest BCUT2D eigenvalue weighted by Crippen LogP contribution is 2.49. The van der Waals surface area contributed by atoms with Crippen molar-refractivity contribution in [3.8, 4) is 39.9 Å². The van der Waals surface area contributed by atoms with E-state index in [0.29, 0.717) is 17.5 Å². The highest BCUT2D eigenvalue weighted by atomic mass is 16.5. The van der Waals surface area contributed by atoms with Crippen molar-refractivity contribution in [1.82, 2.24) is 15.0 Å². The maximum atomic E-state index is 6.38. The summed E-state index contributed by atoms with van der Waals surface area (Å²) in [5, 5.41) is 6.91. The molecule has 0 amide bonds. The van der Waals surface area contributed by atoms with Crippen molar-refractivity contribution in [2.45, 2.75) is 12.0 Å². The summed E-state index contributed by atoms with van der Waals surface area (Å²) >= 11 is 0. The van der Waals surface area contributed by atoms with Gasteiger partial charge in [0.15, 0.2) is 17.5 Å². The molecule has 2 aliphatic rings. The minimum Gasteiger partial charge on any atom is -0.485 e. The SMILES string of the molecule is C1=CC2Oc3ccccc3C2C(c2ccc(-c3nc(-c4ccccc4)nc(-c4cc5ccccc5c5ccccc45)n3)c3ccccc23)=C1. The van der Waals surface area contributed by atoms with E-state index in [1.807, 2.05) is 24.3 Å². The van der Waals surface area contributed by atoms with Crippen molar-refractivity contribution < 1.29 is 4.74 Å². The van der Waals surface area contributed by atoms with Crippen LogP contribution in [0.2, 0.25) is 0 Å². The van der Waals surface area contributed by atoms with Crippen LogP contribution < -0.4 is 4.74 Å². The predicted octanol–water partition coefficient (Wildman–Crippen LogP) is 10.8. The third-order valence-corrected chi connectivity index (χ3v) is 9.91. The lowest BCUT2D eigenvalue weighted by Gasteiger charge is -2.24. The number of fused-ring (bicyclic) bond motifs is 7. The van der Waals surface area contributed by atoms with Crippen LogP contribution in [0.15, 0.2) is 164 Å². The van der Waals surface area contributed by atoms with E-state index in [9.17, 15) is 0 Å². The van der Waals surface area contributed by atoms with Crippen LogP contribution in [0.3, 0.4) is 0 Å². The molecule has 1 aliphatic carbocycles. The van der Waals surface area contributed by atoms with Gasteiger partial charge in [-0.05, 0) is 67.7 Å². The molecule has 4 nitrogen and oxygen atoms in total. The Balaban J connectivity index is 1.19. The van der Waals surface area contributed by atoms with E-state index in [1.165, 1.54) is 27.5 Å². The predicted molar refractivity (Wildman–Crippen MR) is 199 cm³/mol. The number of nitrogens with zero attached hydrogens (tertiary/aromatic N) is 3. The molecule has 1 aromatic heterocycles. The van der Waals surface area contributed by atoms with E-state index < -0.39 is 0 Å². The summed E-state index contributed by atoms with van der Waals surface area (Å²) in [5.41, 5.74) is 6.58. The topological polar surface area (TPSA) is 47.9 Å². The molecule has 7 aromatic carbocycles. The molecule has 0 fully saturated rings. The summed E-state index contributed by atoms with van der Waals surface area (Å²) in [7, 11) is 0. The summed E-state index contributed by atoms with van der Waals surface area (Å²) in [4.78, 5) is 15.5. The first-order valence-corrected chi connectivity index (χ1v) is 16.7. The summed E-state index contributed by atoms with van der Waals surface area (Å²) in [6.07, 6.45) is 6.52. The van der Waals surface area contributed by atoms with Crippen LogP contribution in [0.5, 0.6) is 5.75 Å². The summed E-state index contributed by atoms with van der Waals surface area (Å²) < 4.78 is 6.38. The Hall–Kier alpha value is -6.39. The van der Waals surface area contributed by atoms with E-state index in [1.54, 1.807) is 0 Å². The molecule has 10 rings (SSSR count). The number of rotatable bonds is 4. The second kappa shape index (κ2) is 11.1. The molecule has 0 spiro atoms. The standard InChI is InChI=1S/C45H29N3O/c1-2-13-28(14-3-1)43-46-44(48-45(47-43)39-27-29-15-4-5-16-30(29)31-17-6-9-20-34(31)39)37-26-25-35(32-18-7-8-19-33(32)37)36-22-12-24-41-42(36)38-21-10-11-23-40(38)49-41/h1-27,41-42H. The number of ether oxygens (including phenoxy) is 1. The van der Waals surface area contributed by atoms with Gasteiger partial charge in [0.25, 0.3) is 0 Å². The zero-order valence-electron chi connectivity index (χ0n) is 26.5. The van der Waals surface area contributed by atoms with Gasteiger partial charge in [-0.2, -0.15) is 0 Å². The van der Waals surface area contributed by atoms with Gasteiger partial charge in [-0.1, -0.05) is 140 Å². The van der Waals surface area contributed by atoms with Gasteiger partial charge in [0.1, 0.15) is 11.9 Å². The molecule has 4 heteroatoms. The van der Waals surface area contributed by atoms with Gasteiger partial charge in [-0.25, -0.2) is 15.0 Å². The molecular formula is C45H29N3O. The maximum Gasteiger partial charge on any atom is 0.164 e. The molecule has 0 bridgehead atoms. The van der Waals surface area contributed by atoms with Crippen molar-refractivity contribution in [3.63, 3.8) is 0 Å². The lowest BCUT2D eigenvalue weighted by molar-refractivity contribution is 0.271. The second-order valence-electron chi connectivity index (χ2n) is 12.7. The summed E-state index contributed by atoms with van der Waals surface area (Å²) in [6, 6.07) is 50.9. The maximum absolute atomic E-state index is 6.38. The molecule has 230 valence electrons. The average molecular weight is 628 g/mol. The highest BCUT2D eigenvalue weighted by Gasteiger charge is 2.37. The Kier molecular flexibility index (Phi) is 6.28. The largest absolute Gasteiger partial charge is 0.485 e. The number of para-hydroxylation sites is 1. The smallest absolute Gasteiger partial charge is 0.164 e. The molecule has 0 saturated heterocycles. The van der Waals surface area contributed by atoms with Gasteiger partial charge < -0.3 is 4.74 Å². The van der Waals surface area contributed by atoms with Crippen LogP contribution in [0.25, 0.3) is 72.1 Å². The van der Waals surface area contributed by atoms with Crippen molar-refractivity contribution >= 4 is 37.9 Å². The zero-order valence-corrected chi connectivity index (χ0v) is 26.5. The average Bonchev–Trinajstić information content (AvgIpc) is 3.56. The zero-order chi connectivity index (χ0) is 32.3. The molecule has 0 radical (unpaired) electrons. The molecular weight excluding hydrogens is 599 g/mol. The van der Waals surface area contributed by atoms with E-state index in [0.717, 1.165) is 44.0 Å². The third kappa shape index (κ3) is 4.49. The minimum absolute atomic E-state index is 0.0212. The van der Waals surface area contributed by atoms with Gasteiger partial charge in [0, 0.05) is 22.3 Å². The van der Waals surface area contributed by atoms with E-state index >= 15 is 0 Å². The van der Waals surface area contributed by atoms with Gasteiger partial charge in [-0.3, -0.25) is 0 Å². The number of hydrogen-bond donors (Lipinski definition) is 0. The highest BCUT2D eigenvalue weighted by molar-refractivity contribution is 6.13.